The van der Waals surface area contributed by atoms with Gasteiger partial charge in [0.2, 0.25) is 17.8 Å². The van der Waals surface area contributed by atoms with Crippen molar-refractivity contribution in [2.45, 2.75) is 0 Å². The normalized spacial score (nSPS) is 6.77. The van der Waals surface area contributed by atoms with E-state index in [4.69, 9.17) is 17.2 Å². The lowest BCUT2D eigenvalue weighted by atomic mass is 10.9. The van der Waals surface area contributed by atoms with E-state index in [2.05, 4.69) is 40.6 Å². The van der Waals surface area contributed by atoms with Crippen LogP contribution in [0.2, 0.25) is 0 Å². The lowest BCUT2D eigenvalue weighted by molar-refractivity contribution is 1.09. The zero-order valence-electron chi connectivity index (χ0n) is 6.88. The molecule has 0 spiro atoms. The van der Waals surface area contributed by atoms with E-state index < -0.39 is 0 Å². The Kier molecular flexibility index (Phi) is 7.72. The Labute approximate surface area is 76.6 Å². The summed E-state index contributed by atoms with van der Waals surface area (Å²) in [5.74, 6) is 0.125. The predicted molar refractivity (Wildman–Crippen MR) is 52.8 cm³/mol. The van der Waals surface area contributed by atoms with Crippen LogP contribution in [0.4, 0.5) is 17.8 Å². The van der Waals surface area contributed by atoms with E-state index in [9.17, 15) is 0 Å². The van der Waals surface area contributed by atoms with Crippen molar-refractivity contribution in [2.75, 3.05) is 17.2 Å². The molecule has 0 aliphatic rings. The number of anilines is 3. The second kappa shape index (κ2) is 7.63. The Morgan fingerprint density at radius 1 is 0.615 bits per heavy atom. The number of hydrogen-bond donors (Lipinski definition) is 3. The first-order chi connectivity index (χ1) is 6.18. The summed E-state index contributed by atoms with van der Waals surface area (Å²) in [6.45, 7) is 0. The number of nitrogens with two attached hydrogens (primary N) is 3. The maximum absolute atomic E-state index is 5.14. The molecule has 0 saturated carbocycles. The number of aromatic nitrogens is 3. The topological polar surface area (TPSA) is 117 Å². The molecule has 6 N–H and O–H groups in total. The molecule has 0 amide bonds. The van der Waals surface area contributed by atoms with Gasteiger partial charge in [0.15, 0.2) is 0 Å². The SMILES string of the molecule is C#C.C#C.Nc1nc(N)nc(N)n1. The van der Waals surface area contributed by atoms with Gasteiger partial charge < -0.3 is 17.2 Å². The van der Waals surface area contributed by atoms with Crippen LogP contribution in [-0.2, 0) is 0 Å². The number of hydrogen-bond acceptors (Lipinski definition) is 6. The molecule has 0 bridgehead atoms. The molecule has 68 valence electrons. The van der Waals surface area contributed by atoms with Crippen molar-refractivity contribution >= 4 is 17.8 Å². The van der Waals surface area contributed by atoms with E-state index in [1.807, 2.05) is 0 Å². The molecule has 0 fully saturated rings. The molecular weight excluding hydrogens is 168 g/mol. The van der Waals surface area contributed by atoms with Gasteiger partial charge in [-0.2, -0.15) is 15.0 Å². The summed E-state index contributed by atoms with van der Waals surface area (Å²) >= 11 is 0. The van der Waals surface area contributed by atoms with Gasteiger partial charge in [0.25, 0.3) is 0 Å². The molecule has 1 aromatic rings. The van der Waals surface area contributed by atoms with Gasteiger partial charge in [-0.05, 0) is 0 Å². The van der Waals surface area contributed by atoms with E-state index >= 15 is 0 Å². The van der Waals surface area contributed by atoms with Crippen LogP contribution in [0.25, 0.3) is 0 Å². The highest BCUT2D eigenvalue weighted by Gasteiger charge is 1.93. The van der Waals surface area contributed by atoms with Gasteiger partial charge in [0.05, 0.1) is 0 Å². The van der Waals surface area contributed by atoms with Crippen LogP contribution in [0.15, 0.2) is 0 Å². The van der Waals surface area contributed by atoms with Crippen molar-refractivity contribution in [1.29, 1.82) is 0 Å². The molecule has 0 radical (unpaired) electrons. The summed E-state index contributed by atoms with van der Waals surface area (Å²) in [5, 5.41) is 0. The molecule has 1 aromatic heterocycles. The minimum Gasteiger partial charge on any atom is -0.368 e. The van der Waals surface area contributed by atoms with Crippen molar-refractivity contribution in [3.05, 3.63) is 0 Å². The fourth-order valence-corrected chi connectivity index (χ4v) is 0.427. The Bertz CT molecular complexity index is 233. The van der Waals surface area contributed by atoms with Gasteiger partial charge >= 0.3 is 0 Å². The van der Waals surface area contributed by atoms with Crippen molar-refractivity contribution in [3.8, 4) is 25.7 Å². The molecule has 0 aliphatic heterocycles. The average molecular weight is 178 g/mol. The van der Waals surface area contributed by atoms with Crippen LogP contribution in [0.5, 0.6) is 0 Å². The molecule has 6 nitrogen and oxygen atoms in total. The maximum atomic E-state index is 5.14. The van der Waals surface area contributed by atoms with E-state index in [1.54, 1.807) is 0 Å². The number of terminal acetylenes is 2. The standard InChI is InChI=1S/C3H6N6.2C2H2/c4-1-7-2(5)9-3(6)8-1;2*1-2/h(H6,4,5,6,7,8,9);2*1-2H. The van der Waals surface area contributed by atoms with Crippen LogP contribution >= 0.6 is 0 Å². The summed E-state index contributed by atoms with van der Waals surface area (Å²) in [6.07, 6.45) is 16.0. The monoisotopic (exact) mass is 178 g/mol. The third kappa shape index (κ3) is 5.95. The third-order valence-electron chi connectivity index (χ3n) is 0.687. The average Bonchev–Trinajstić information content (AvgIpc) is 2.09. The first-order valence-electron chi connectivity index (χ1n) is 2.87. The van der Waals surface area contributed by atoms with Crippen molar-refractivity contribution in [1.82, 2.24) is 15.0 Å². The van der Waals surface area contributed by atoms with Gasteiger partial charge in [-0.1, -0.05) is 0 Å². The van der Waals surface area contributed by atoms with Gasteiger partial charge in [0, 0.05) is 0 Å². The highest BCUT2D eigenvalue weighted by molar-refractivity contribution is 5.33. The van der Waals surface area contributed by atoms with Gasteiger partial charge in [0.1, 0.15) is 0 Å². The largest absolute Gasteiger partial charge is 0.368 e. The zero-order chi connectivity index (χ0) is 10.9. The number of nitrogen functional groups attached to an aromatic ring is 3. The first-order valence-corrected chi connectivity index (χ1v) is 2.87. The predicted octanol–water partition coefficient (Wildman–Crippen LogP) is -0.883. The lowest BCUT2D eigenvalue weighted by Crippen LogP contribution is -2.05. The fraction of sp³-hybridized carbons (Fsp3) is 0. The van der Waals surface area contributed by atoms with E-state index in [-0.39, 0.29) is 17.8 Å². The molecule has 6 heteroatoms. The maximum Gasteiger partial charge on any atom is 0.226 e. The van der Waals surface area contributed by atoms with Crippen molar-refractivity contribution < 1.29 is 0 Å². The fourth-order valence-electron chi connectivity index (χ4n) is 0.427. The molecule has 13 heavy (non-hydrogen) atoms. The van der Waals surface area contributed by atoms with Crippen LogP contribution in [0.1, 0.15) is 0 Å². The number of rotatable bonds is 0. The van der Waals surface area contributed by atoms with Crippen molar-refractivity contribution in [2.24, 2.45) is 0 Å². The molecular formula is C7H10N6. The minimum atomic E-state index is 0.0417. The number of nitrogens with zero attached hydrogens (tertiary/aromatic N) is 3. The molecule has 1 rings (SSSR count). The Balaban J connectivity index is 0. The Morgan fingerprint density at radius 3 is 0.923 bits per heavy atom. The van der Waals surface area contributed by atoms with Crippen LogP contribution < -0.4 is 17.2 Å². The van der Waals surface area contributed by atoms with Gasteiger partial charge in [-0.25, -0.2) is 0 Å². The van der Waals surface area contributed by atoms with E-state index in [0.717, 1.165) is 0 Å². The highest BCUT2D eigenvalue weighted by atomic mass is 15.2. The summed E-state index contributed by atoms with van der Waals surface area (Å²) < 4.78 is 0. The Hall–Kier alpha value is -2.47. The second-order valence-corrected chi connectivity index (χ2v) is 1.41. The summed E-state index contributed by atoms with van der Waals surface area (Å²) in [5.41, 5.74) is 15.4. The zero-order valence-corrected chi connectivity index (χ0v) is 6.88. The smallest absolute Gasteiger partial charge is 0.226 e. The van der Waals surface area contributed by atoms with E-state index in [0.29, 0.717) is 0 Å². The summed E-state index contributed by atoms with van der Waals surface area (Å²) in [6, 6.07) is 0. The van der Waals surface area contributed by atoms with Gasteiger partial charge in [-0.15, -0.1) is 25.7 Å². The molecule has 0 aliphatic carbocycles. The van der Waals surface area contributed by atoms with E-state index in [1.165, 1.54) is 0 Å². The summed E-state index contributed by atoms with van der Waals surface area (Å²) in [7, 11) is 0. The molecule has 0 atom stereocenters. The van der Waals surface area contributed by atoms with Crippen LogP contribution in [0.3, 0.4) is 0 Å². The molecule has 0 saturated heterocycles. The second-order valence-electron chi connectivity index (χ2n) is 1.41. The van der Waals surface area contributed by atoms with Gasteiger partial charge in [-0.3, -0.25) is 0 Å². The quantitative estimate of drug-likeness (QED) is 0.444. The van der Waals surface area contributed by atoms with Crippen LogP contribution in [0, 0.1) is 25.7 Å². The summed E-state index contributed by atoms with van der Waals surface area (Å²) in [4.78, 5) is 10.5. The van der Waals surface area contributed by atoms with Crippen LogP contribution in [-0.4, -0.2) is 15.0 Å². The van der Waals surface area contributed by atoms with Crippen molar-refractivity contribution in [3.63, 3.8) is 0 Å². The molecule has 0 aromatic carbocycles. The molecule has 1 heterocycles. The third-order valence-corrected chi connectivity index (χ3v) is 0.687. The highest BCUT2D eigenvalue weighted by Crippen LogP contribution is 1.97. The lowest BCUT2D eigenvalue weighted by Gasteiger charge is -1.93. The first kappa shape index (κ1) is 13.1. The molecule has 0 unspecified atom stereocenters. The minimum absolute atomic E-state index is 0.0417. The Morgan fingerprint density at radius 2 is 0.769 bits per heavy atom.